The SMILES string of the molecule is CN(CC(=O)N1C[C@H]2COC[C@@H]1CN(CC(=O)O)C2)Cc1ccncc1. The van der Waals surface area contributed by atoms with Crippen LogP contribution < -0.4 is 0 Å². The van der Waals surface area contributed by atoms with Crippen LogP contribution in [0.15, 0.2) is 24.5 Å². The highest BCUT2D eigenvalue weighted by atomic mass is 16.5. The molecule has 2 saturated heterocycles. The molecule has 1 amide bonds. The third kappa shape index (κ3) is 5.00. The Balaban J connectivity index is 1.62. The van der Waals surface area contributed by atoms with Gasteiger partial charge in [0.25, 0.3) is 0 Å². The summed E-state index contributed by atoms with van der Waals surface area (Å²) in [6.45, 7) is 3.87. The molecule has 2 bridgehead atoms. The average Bonchev–Trinajstić information content (AvgIpc) is 2.85. The molecule has 0 aromatic carbocycles. The number of hydrogen-bond acceptors (Lipinski definition) is 6. The van der Waals surface area contributed by atoms with E-state index in [1.807, 2.05) is 33.9 Å². The van der Waals surface area contributed by atoms with Crippen LogP contribution in [0.25, 0.3) is 0 Å². The Morgan fingerprint density at radius 3 is 2.77 bits per heavy atom. The Labute approximate surface area is 153 Å². The average molecular weight is 362 g/mol. The maximum absolute atomic E-state index is 12.9. The number of hydrogen-bond donors (Lipinski definition) is 1. The van der Waals surface area contributed by atoms with Gasteiger partial charge >= 0.3 is 5.97 Å². The molecule has 1 aromatic rings. The van der Waals surface area contributed by atoms with Crippen LogP contribution in [0.5, 0.6) is 0 Å². The lowest BCUT2D eigenvalue weighted by molar-refractivity contribution is -0.138. The number of fused-ring (bicyclic) bond motifs is 3. The number of pyridine rings is 1. The van der Waals surface area contributed by atoms with Crippen LogP contribution in [0.1, 0.15) is 5.56 Å². The van der Waals surface area contributed by atoms with Crippen LogP contribution >= 0.6 is 0 Å². The lowest BCUT2D eigenvalue weighted by Gasteiger charge is -2.31. The molecule has 3 rings (SSSR count). The van der Waals surface area contributed by atoms with Gasteiger partial charge in [-0.1, -0.05) is 0 Å². The van der Waals surface area contributed by atoms with Gasteiger partial charge in [0.2, 0.25) is 5.91 Å². The molecular formula is C18H26N4O4. The first-order chi connectivity index (χ1) is 12.5. The number of nitrogens with zero attached hydrogens (tertiary/aromatic N) is 4. The zero-order valence-corrected chi connectivity index (χ0v) is 15.1. The molecule has 2 atom stereocenters. The molecule has 2 fully saturated rings. The van der Waals surface area contributed by atoms with E-state index in [1.165, 1.54) is 0 Å². The molecular weight excluding hydrogens is 336 g/mol. The highest BCUT2D eigenvalue weighted by Crippen LogP contribution is 2.20. The Morgan fingerprint density at radius 2 is 2.04 bits per heavy atom. The van der Waals surface area contributed by atoms with E-state index in [1.54, 1.807) is 12.4 Å². The van der Waals surface area contributed by atoms with Crippen molar-refractivity contribution in [2.75, 3.05) is 53.0 Å². The van der Waals surface area contributed by atoms with Gasteiger partial charge in [-0.05, 0) is 24.7 Å². The highest BCUT2D eigenvalue weighted by Gasteiger charge is 2.36. The third-order valence-corrected chi connectivity index (χ3v) is 4.83. The molecule has 2 aliphatic rings. The van der Waals surface area contributed by atoms with Gasteiger partial charge in [0.15, 0.2) is 0 Å². The predicted molar refractivity (Wildman–Crippen MR) is 94.5 cm³/mol. The Bertz CT molecular complexity index is 627. The number of aliphatic carboxylic acids is 1. The second-order valence-electron chi connectivity index (χ2n) is 7.22. The van der Waals surface area contributed by atoms with E-state index in [0.717, 1.165) is 5.56 Å². The van der Waals surface area contributed by atoms with E-state index in [2.05, 4.69) is 4.98 Å². The van der Waals surface area contributed by atoms with Gasteiger partial charge in [0.1, 0.15) is 0 Å². The van der Waals surface area contributed by atoms with Crippen molar-refractivity contribution in [3.8, 4) is 0 Å². The Morgan fingerprint density at radius 1 is 1.27 bits per heavy atom. The van der Waals surface area contributed by atoms with Gasteiger partial charge in [-0.15, -0.1) is 0 Å². The smallest absolute Gasteiger partial charge is 0.317 e. The number of amides is 1. The number of carbonyl (C=O) groups excluding carboxylic acids is 1. The molecule has 3 heterocycles. The second-order valence-corrected chi connectivity index (χ2v) is 7.22. The first-order valence-electron chi connectivity index (χ1n) is 8.90. The standard InChI is InChI=1S/C18H26N4O4/c1-20(6-14-2-4-19-5-3-14)10-17(23)22-8-15-7-21(11-18(24)25)9-16(22)13-26-12-15/h2-5,15-16H,6-13H2,1H3,(H,24,25)/t15-,16-/m0/s1. The first kappa shape index (κ1) is 18.8. The summed E-state index contributed by atoms with van der Waals surface area (Å²) in [4.78, 5) is 33.8. The monoisotopic (exact) mass is 362 g/mol. The molecule has 1 aromatic heterocycles. The summed E-state index contributed by atoms with van der Waals surface area (Å²) >= 11 is 0. The number of carboxylic acid groups (broad SMARTS) is 1. The summed E-state index contributed by atoms with van der Waals surface area (Å²) in [5, 5.41) is 9.09. The minimum Gasteiger partial charge on any atom is -0.480 e. The molecule has 1 N–H and O–H groups in total. The number of aromatic nitrogens is 1. The topological polar surface area (TPSA) is 86.2 Å². The van der Waals surface area contributed by atoms with Crippen LogP contribution in [0.4, 0.5) is 0 Å². The summed E-state index contributed by atoms with van der Waals surface area (Å²) in [7, 11) is 1.93. The molecule has 2 aliphatic heterocycles. The van der Waals surface area contributed by atoms with E-state index in [4.69, 9.17) is 9.84 Å². The van der Waals surface area contributed by atoms with Crippen molar-refractivity contribution in [2.45, 2.75) is 12.6 Å². The van der Waals surface area contributed by atoms with Crippen LogP contribution in [0.3, 0.4) is 0 Å². The minimum absolute atomic E-state index is 0.0109. The number of carboxylic acids is 1. The molecule has 142 valence electrons. The largest absolute Gasteiger partial charge is 0.480 e. The summed E-state index contributed by atoms with van der Waals surface area (Å²) in [5.41, 5.74) is 1.11. The van der Waals surface area contributed by atoms with Crippen LogP contribution in [-0.4, -0.2) is 95.7 Å². The Hall–Kier alpha value is -2.03. The number of ether oxygens (including phenoxy) is 1. The fourth-order valence-corrected chi connectivity index (χ4v) is 3.74. The van der Waals surface area contributed by atoms with Crippen molar-refractivity contribution < 1.29 is 19.4 Å². The zero-order chi connectivity index (χ0) is 18.5. The van der Waals surface area contributed by atoms with Crippen molar-refractivity contribution in [1.82, 2.24) is 19.7 Å². The van der Waals surface area contributed by atoms with Crippen molar-refractivity contribution in [3.05, 3.63) is 30.1 Å². The molecule has 26 heavy (non-hydrogen) atoms. The van der Waals surface area contributed by atoms with Gasteiger partial charge in [-0.2, -0.15) is 0 Å². The van der Waals surface area contributed by atoms with Gasteiger partial charge in [0.05, 0.1) is 32.3 Å². The quantitative estimate of drug-likeness (QED) is 0.747. The van der Waals surface area contributed by atoms with E-state index < -0.39 is 5.97 Å². The maximum Gasteiger partial charge on any atom is 0.317 e. The lowest BCUT2D eigenvalue weighted by atomic mass is 10.1. The number of likely N-dealkylation sites (N-methyl/N-ethyl adjacent to an activating group) is 1. The fraction of sp³-hybridized carbons (Fsp3) is 0.611. The first-order valence-corrected chi connectivity index (χ1v) is 8.90. The highest BCUT2D eigenvalue weighted by molar-refractivity contribution is 5.78. The molecule has 8 heteroatoms. The molecule has 0 aliphatic carbocycles. The zero-order valence-electron chi connectivity index (χ0n) is 15.1. The lowest BCUT2D eigenvalue weighted by Crippen LogP contribution is -2.49. The van der Waals surface area contributed by atoms with E-state index >= 15 is 0 Å². The Kier molecular flexibility index (Phi) is 6.18. The maximum atomic E-state index is 12.9. The van der Waals surface area contributed by atoms with Crippen molar-refractivity contribution in [1.29, 1.82) is 0 Å². The number of rotatable bonds is 6. The molecule has 0 radical (unpaired) electrons. The summed E-state index contributed by atoms with van der Waals surface area (Å²) in [6.07, 6.45) is 3.49. The van der Waals surface area contributed by atoms with E-state index in [9.17, 15) is 9.59 Å². The molecule has 0 unspecified atom stereocenters. The van der Waals surface area contributed by atoms with Crippen molar-refractivity contribution in [2.24, 2.45) is 5.92 Å². The summed E-state index contributed by atoms with van der Waals surface area (Å²) in [6, 6.07) is 3.79. The number of carbonyl (C=O) groups is 2. The fourth-order valence-electron chi connectivity index (χ4n) is 3.74. The molecule has 8 nitrogen and oxygen atoms in total. The van der Waals surface area contributed by atoms with Crippen LogP contribution in [0, 0.1) is 5.92 Å². The van der Waals surface area contributed by atoms with E-state index in [-0.39, 0.29) is 24.4 Å². The van der Waals surface area contributed by atoms with Gasteiger partial charge < -0.3 is 14.7 Å². The predicted octanol–water partition coefficient (Wildman–Crippen LogP) is -0.243. The van der Waals surface area contributed by atoms with Gasteiger partial charge in [-0.25, -0.2) is 0 Å². The summed E-state index contributed by atoms with van der Waals surface area (Å²) < 4.78 is 5.71. The minimum atomic E-state index is -0.833. The van der Waals surface area contributed by atoms with E-state index in [0.29, 0.717) is 45.9 Å². The molecule has 0 saturated carbocycles. The molecule has 0 spiro atoms. The summed E-state index contributed by atoms with van der Waals surface area (Å²) in [5.74, 6) is -0.614. The van der Waals surface area contributed by atoms with Crippen LogP contribution in [0.2, 0.25) is 0 Å². The van der Waals surface area contributed by atoms with Crippen LogP contribution in [-0.2, 0) is 20.9 Å². The van der Waals surface area contributed by atoms with Crippen molar-refractivity contribution in [3.63, 3.8) is 0 Å². The second kappa shape index (κ2) is 8.57. The third-order valence-electron chi connectivity index (χ3n) is 4.83. The normalized spacial score (nSPS) is 23.7. The van der Waals surface area contributed by atoms with Gasteiger partial charge in [0, 0.05) is 44.5 Å². The van der Waals surface area contributed by atoms with Crippen molar-refractivity contribution >= 4 is 11.9 Å². The van der Waals surface area contributed by atoms with Gasteiger partial charge in [-0.3, -0.25) is 24.4 Å².